The van der Waals surface area contributed by atoms with Crippen molar-refractivity contribution < 1.29 is 4.74 Å². The van der Waals surface area contributed by atoms with Crippen molar-refractivity contribution in [1.29, 1.82) is 5.26 Å². The first-order chi connectivity index (χ1) is 11.5. The van der Waals surface area contributed by atoms with Gasteiger partial charge in [0.1, 0.15) is 12.6 Å². The molecule has 0 aliphatic rings. The Balaban J connectivity index is 2.00. The van der Waals surface area contributed by atoms with Gasteiger partial charge in [0.25, 0.3) is 0 Å². The van der Waals surface area contributed by atoms with E-state index in [1.165, 1.54) is 5.56 Å². The Bertz CT molecular complexity index is 671. The van der Waals surface area contributed by atoms with Gasteiger partial charge in [-0.2, -0.15) is 5.26 Å². The van der Waals surface area contributed by atoms with Gasteiger partial charge < -0.3 is 9.30 Å². The van der Waals surface area contributed by atoms with Crippen molar-refractivity contribution in [3.05, 3.63) is 47.8 Å². The molecule has 0 aromatic carbocycles. The van der Waals surface area contributed by atoms with Crippen LogP contribution in [-0.4, -0.2) is 29.2 Å². The lowest BCUT2D eigenvalue weighted by Crippen LogP contribution is -2.22. The van der Waals surface area contributed by atoms with E-state index in [0.717, 1.165) is 30.6 Å². The average molecular weight is 343 g/mol. The van der Waals surface area contributed by atoms with Gasteiger partial charge in [0.05, 0.1) is 11.8 Å². The van der Waals surface area contributed by atoms with E-state index in [-0.39, 0.29) is 0 Å². The molecule has 0 amide bonds. The maximum Gasteiger partial charge on any atom is 0.123 e. The van der Waals surface area contributed by atoms with Gasteiger partial charge in [-0.25, -0.2) is 4.98 Å². The molecule has 24 heavy (non-hydrogen) atoms. The van der Waals surface area contributed by atoms with Crippen LogP contribution >= 0.6 is 0 Å². The molecule has 128 valence electrons. The molecule has 0 fully saturated rings. The lowest BCUT2D eigenvalue weighted by Gasteiger charge is -2.16. The second-order valence-electron chi connectivity index (χ2n) is 7.16. The molecule has 0 spiro atoms. The summed E-state index contributed by atoms with van der Waals surface area (Å²) in [5, 5.41) is 8.84. The average Bonchev–Trinajstić information content (AvgIpc) is 2.91. The zero-order valence-electron chi connectivity index (χ0n) is 14.8. The summed E-state index contributed by atoms with van der Waals surface area (Å²) in [4.78, 5) is 8.73. The van der Waals surface area contributed by atoms with Gasteiger partial charge in [0.2, 0.25) is 0 Å². The molecule has 2 rings (SSSR count). The van der Waals surface area contributed by atoms with E-state index in [1.54, 1.807) is 12.4 Å². The minimum absolute atomic E-state index is 0.473. The lowest BCUT2D eigenvalue weighted by molar-refractivity contribution is 0.0851. The Morgan fingerprint density at radius 1 is 1.25 bits per heavy atom. The lowest BCUT2D eigenvalue weighted by atomic mass is 10.1. The second kappa shape index (κ2) is 8.76. The molecule has 0 saturated heterocycles. The number of pyridine rings is 1. The third kappa shape index (κ3) is 6.26. The number of hydrogen-bond donors (Lipinski definition) is 0. The van der Waals surface area contributed by atoms with Crippen LogP contribution < -0.4 is 0 Å². The van der Waals surface area contributed by atoms with Crippen LogP contribution in [-0.2, 0) is 24.3 Å². The molecular formula is C18H26N4OSi. The first-order valence-electron chi connectivity index (χ1n) is 8.36. The van der Waals surface area contributed by atoms with E-state index in [4.69, 9.17) is 15.0 Å². The highest BCUT2D eigenvalue weighted by Gasteiger charge is 2.13. The van der Waals surface area contributed by atoms with E-state index in [9.17, 15) is 0 Å². The highest BCUT2D eigenvalue weighted by molar-refractivity contribution is 6.76. The van der Waals surface area contributed by atoms with E-state index in [2.05, 4.69) is 30.7 Å². The molecule has 0 aliphatic carbocycles. The van der Waals surface area contributed by atoms with E-state index in [1.807, 2.05) is 22.9 Å². The van der Waals surface area contributed by atoms with Crippen molar-refractivity contribution in [2.24, 2.45) is 0 Å². The Hall–Kier alpha value is -1.97. The molecule has 2 aromatic heterocycles. The van der Waals surface area contributed by atoms with Gasteiger partial charge in [-0.1, -0.05) is 19.6 Å². The molecule has 0 saturated carbocycles. The maximum atomic E-state index is 8.84. The summed E-state index contributed by atoms with van der Waals surface area (Å²) in [7, 11) is -1.07. The van der Waals surface area contributed by atoms with Crippen molar-refractivity contribution in [3.8, 4) is 6.07 Å². The molecule has 0 radical (unpaired) electrons. The quantitative estimate of drug-likeness (QED) is 0.515. The topological polar surface area (TPSA) is 63.7 Å². The van der Waals surface area contributed by atoms with Crippen LogP contribution in [0.5, 0.6) is 0 Å². The number of aromatic nitrogens is 3. The minimum atomic E-state index is -1.07. The summed E-state index contributed by atoms with van der Waals surface area (Å²) in [6.45, 7) is 8.33. The molecule has 0 N–H and O–H groups in total. The summed E-state index contributed by atoms with van der Waals surface area (Å²) < 4.78 is 7.88. The second-order valence-corrected chi connectivity index (χ2v) is 12.8. The molecule has 5 nitrogen and oxygen atoms in total. The zero-order valence-corrected chi connectivity index (χ0v) is 15.8. The predicted octanol–water partition coefficient (Wildman–Crippen LogP) is 3.64. The van der Waals surface area contributed by atoms with Gasteiger partial charge in [-0.05, 0) is 23.7 Å². The summed E-state index contributed by atoms with van der Waals surface area (Å²) >= 11 is 0. The summed E-state index contributed by atoms with van der Waals surface area (Å²) in [5.41, 5.74) is 2.18. The smallest absolute Gasteiger partial charge is 0.123 e. The van der Waals surface area contributed by atoms with Crippen LogP contribution in [0.4, 0.5) is 0 Å². The Morgan fingerprint density at radius 3 is 2.67 bits per heavy atom. The van der Waals surface area contributed by atoms with Crippen LogP contribution in [0.1, 0.15) is 23.5 Å². The van der Waals surface area contributed by atoms with Crippen LogP contribution in [0.25, 0.3) is 0 Å². The Morgan fingerprint density at radius 2 is 2.00 bits per heavy atom. The largest absolute Gasteiger partial charge is 0.361 e. The SMILES string of the molecule is C[Si](C)(C)CCOCn1cc(Cc2ccncc2)nc1CCC#N. The van der Waals surface area contributed by atoms with Gasteiger partial charge in [0, 0.05) is 52.5 Å². The van der Waals surface area contributed by atoms with E-state index < -0.39 is 8.07 Å². The Labute approximate surface area is 145 Å². The first-order valence-corrected chi connectivity index (χ1v) is 12.1. The van der Waals surface area contributed by atoms with Crippen LogP contribution in [0.3, 0.4) is 0 Å². The third-order valence-corrected chi connectivity index (χ3v) is 5.43. The number of ether oxygens (including phenoxy) is 1. The molecular weight excluding hydrogens is 316 g/mol. The van der Waals surface area contributed by atoms with Crippen molar-refractivity contribution in [2.75, 3.05) is 6.61 Å². The number of nitriles is 1. The van der Waals surface area contributed by atoms with E-state index >= 15 is 0 Å². The Kier molecular flexibility index (Phi) is 6.70. The fraction of sp³-hybridized carbons (Fsp3) is 0.500. The van der Waals surface area contributed by atoms with Gasteiger partial charge in [-0.3, -0.25) is 4.98 Å². The molecule has 0 aliphatic heterocycles. The summed E-state index contributed by atoms with van der Waals surface area (Å²) in [6.07, 6.45) is 7.53. The van der Waals surface area contributed by atoms with Gasteiger partial charge in [-0.15, -0.1) is 0 Å². The highest BCUT2D eigenvalue weighted by Crippen LogP contribution is 2.12. The monoisotopic (exact) mass is 342 g/mol. The van der Waals surface area contributed by atoms with Gasteiger partial charge >= 0.3 is 0 Å². The van der Waals surface area contributed by atoms with Crippen molar-refractivity contribution >= 4 is 8.07 Å². The third-order valence-electron chi connectivity index (χ3n) is 3.73. The molecule has 2 heterocycles. The van der Waals surface area contributed by atoms with Crippen LogP contribution in [0, 0.1) is 11.3 Å². The predicted molar refractivity (Wildman–Crippen MR) is 97.3 cm³/mol. The van der Waals surface area contributed by atoms with Crippen molar-refractivity contribution in [2.45, 2.75) is 51.7 Å². The molecule has 0 unspecified atom stereocenters. The fourth-order valence-corrected chi connectivity index (χ4v) is 3.09. The normalized spacial score (nSPS) is 11.4. The van der Waals surface area contributed by atoms with E-state index in [0.29, 0.717) is 19.6 Å². The first kappa shape index (κ1) is 18.4. The molecule has 2 aromatic rings. The van der Waals surface area contributed by atoms with Crippen LogP contribution in [0.15, 0.2) is 30.7 Å². The highest BCUT2D eigenvalue weighted by atomic mass is 28.3. The minimum Gasteiger partial charge on any atom is -0.361 e. The fourth-order valence-electron chi connectivity index (χ4n) is 2.33. The van der Waals surface area contributed by atoms with Gasteiger partial charge in [0.15, 0.2) is 0 Å². The molecule has 6 heteroatoms. The number of imidazole rings is 1. The number of hydrogen-bond acceptors (Lipinski definition) is 4. The van der Waals surface area contributed by atoms with Crippen molar-refractivity contribution in [1.82, 2.24) is 14.5 Å². The maximum absolute atomic E-state index is 8.84. The molecule has 0 bridgehead atoms. The zero-order chi connectivity index (χ0) is 17.4. The number of nitrogens with zero attached hydrogens (tertiary/aromatic N) is 4. The summed E-state index contributed by atoms with van der Waals surface area (Å²) in [6, 6.07) is 7.34. The molecule has 0 atom stereocenters. The standard InChI is InChI=1S/C18H26N4OSi/c1-24(2,3)12-11-23-15-22-14-17(21-18(22)5-4-8-19)13-16-6-9-20-10-7-16/h6-7,9-10,14H,4-5,11-13,15H2,1-3H3. The summed E-state index contributed by atoms with van der Waals surface area (Å²) in [5.74, 6) is 0.925. The van der Waals surface area contributed by atoms with Crippen molar-refractivity contribution in [3.63, 3.8) is 0 Å². The number of aryl methyl sites for hydroxylation is 1. The van der Waals surface area contributed by atoms with Crippen LogP contribution in [0.2, 0.25) is 25.7 Å². The number of rotatable bonds is 9.